The van der Waals surface area contributed by atoms with Crippen LogP contribution in [-0.4, -0.2) is 22.9 Å². The van der Waals surface area contributed by atoms with Gasteiger partial charge in [-0.25, -0.2) is 0 Å². The van der Waals surface area contributed by atoms with E-state index < -0.39 is 11.9 Å². The predicted molar refractivity (Wildman–Crippen MR) is 115 cm³/mol. The fourth-order valence-electron chi connectivity index (χ4n) is 6.80. The molecule has 30 heavy (non-hydrogen) atoms. The number of fused-ring (bicyclic) bond motifs is 1. The molecular weight excluding hydrogens is 378 g/mol. The number of hydrogen-bond donors (Lipinski definition) is 2. The van der Waals surface area contributed by atoms with Crippen LogP contribution in [-0.2, 0) is 4.79 Å². The standard InChI is InChI=1S/C24H29N3O3/c1-14(21(25)28)27-6-5-18-19(3-2-4-20(18)23(27)30)22(29)26-13-24-10-15-7-16(11-24)9-17(8-15)12-24/h2-6,14-17H,7-13H2,1H3,(H2,25,28)(H,26,29)/t14-,15?,16?,17?,24?/m0/s1. The molecule has 6 heteroatoms. The third kappa shape index (κ3) is 3.13. The minimum Gasteiger partial charge on any atom is -0.368 e. The highest BCUT2D eigenvalue weighted by Crippen LogP contribution is 2.59. The van der Waals surface area contributed by atoms with E-state index in [9.17, 15) is 14.4 Å². The van der Waals surface area contributed by atoms with E-state index in [0.717, 1.165) is 24.3 Å². The fourth-order valence-corrected chi connectivity index (χ4v) is 6.80. The molecule has 4 aliphatic carbocycles. The first-order valence-electron chi connectivity index (χ1n) is 11.1. The van der Waals surface area contributed by atoms with E-state index in [1.807, 2.05) is 0 Å². The zero-order valence-electron chi connectivity index (χ0n) is 17.4. The summed E-state index contributed by atoms with van der Waals surface area (Å²) in [4.78, 5) is 37.5. The zero-order chi connectivity index (χ0) is 21.0. The van der Waals surface area contributed by atoms with Crippen molar-refractivity contribution in [2.45, 2.75) is 51.5 Å². The van der Waals surface area contributed by atoms with Gasteiger partial charge in [-0.05, 0) is 86.8 Å². The third-order valence-corrected chi connectivity index (χ3v) is 7.84. The summed E-state index contributed by atoms with van der Waals surface area (Å²) in [5.74, 6) is 1.83. The number of nitrogens with zero attached hydrogens (tertiary/aromatic N) is 1. The average molecular weight is 408 g/mol. The molecule has 0 radical (unpaired) electrons. The highest BCUT2D eigenvalue weighted by molar-refractivity contribution is 6.06. The fraction of sp³-hybridized carbons (Fsp3) is 0.542. The van der Waals surface area contributed by atoms with Crippen molar-refractivity contribution in [1.82, 2.24) is 9.88 Å². The molecule has 1 aromatic carbocycles. The van der Waals surface area contributed by atoms with Gasteiger partial charge in [-0.3, -0.25) is 14.4 Å². The summed E-state index contributed by atoms with van der Waals surface area (Å²) in [5.41, 5.74) is 5.82. The number of benzene rings is 1. The monoisotopic (exact) mass is 407 g/mol. The van der Waals surface area contributed by atoms with Gasteiger partial charge in [-0.15, -0.1) is 0 Å². The first-order valence-corrected chi connectivity index (χ1v) is 11.1. The third-order valence-electron chi connectivity index (χ3n) is 7.84. The topological polar surface area (TPSA) is 94.2 Å². The van der Waals surface area contributed by atoms with Crippen LogP contribution in [0.15, 0.2) is 35.3 Å². The van der Waals surface area contributed by atoms with E-state index in [1.54, 1.807) is 37.4 Å². The molecule has 2 amide bonds. The predicted octanol–water partition coefficient (Wildman–Crippen LogP) is 2.99. The highest BCUT2D eigenvalue weighted by Gasteiger charge is 2.50. The number of aromatic nitrogens is 1. The molecule has 0 aliphatic heterocycles. The van der Waals surface area contributed by atoms with Crippen molar-refractivity contribution in [2.75, 3.05) is 6.54 Å². The first kappa shape index (κ1) is 19.3. The summed E-state index contributed by atoms with van der Waals surface area (Å²) in [6.45, 7) is 2.32. The largest absolute Gasteiger partial charge is 0.368 e. The molecule has 4 fully saturated rings. The Bertz CT molecular complexity index is 1050. The number of nitrogens with two attached hydrogens (primary N) is 1. The molecule has 4 bridgehead atoms. The van der Waals surface area contributed by atoms with Gasteiger partial charge in [0, 0.05) is 29.1 Å². The Morgan fingerprint density at radius 2 is 1.73 bits per heavy atom. The number of amides is 2. The van der Waals surface area contributed by atoms with Crippen LogP contribution in [0.2, 0.25) is 0 Å². The summed E-state index contributed by atoms with van der Waals surface area (Å²) in [7, 11) is 0. The molecule has 0 spiro atoms. The normalized spacial score (nSPS) is 30.4. The van der Waals surface area contributed by atoms with E-state index >= 15 is 0 Å². The van der Waals surface area contributed by atoms with Gasteiger partial charge >= 0.3 is 0 Å². The van der Waals surface area contributed by atoms with Crippen molar-refractivity contribution in [3.63, 3.8) is 0 Å². The van der Waals surface area contributed by atoms with Gasteiger partial charge in [0.05, 0.1) is 0 Å². The Hall–Kier alpha value is -2.63. The maximum absolute atomic E-state index is 13.1. The number of hydrogen-bond acceptors (Lipinski definition) is 3. The molecule has 0 unspecified atom stereocenters. The Kier molecular flexibility index (Phi) is 4.49. The van der Waals surface area contributed by atoms with Gasteiger partial charge in [0.1, 0.15) is 6.04 Å². The molecule has 2 aromatic rings. The molecule has 0 saturated heterocycles. The number of rotatable bonds is 5. The molecule has 4 saturated carbocycles. The zero-order valence-corrected chi connectivity index (χ0v) is 17.4. The number of carbonyl (C=O) groups excluding carboxylic acids is 2. The molecule has 6 nitrogen and oxygen atoms in total. The molecule has 1 heterocycles. The maximum Gasteiger partial charge on any atom is 0.259 e. The molecule has 4 aliphatic rings. The van der Waals surface area contributed by atoms with Crippen LogP contribution in [0.1, 0.15) is 61.8 Å². The van der Waals surface area contributed by atoms with Gasteiger partial charge in [0.15, 0.2) is 0 Å². The van der Waals surface area contributed by atoms with E-state index in [-0.39, 0.29) is 16.9 Å². The summed E-state index contributed by atoms with van der Waals surface area (Å²) in [6.07, 6.45) is 9.42. The second-order valence-corrected chi connectivity index (χ2v) is 9.97. The maximum atomic E-state index is 13.1. The van der Waals surface area contributed by atoms with Gasteiger partial charge in [-0.1, -0.05) is 6.07 Å². The van der Waals surface area contributed by atoms with E-state index in [4.69, 9.17) is 5.73 Å². The SMILES string of the molecule is C[C@@H](C(N)=O)n1ccc2c(C(=O)NCC34CC5CC(CC(C5)C3)C4)cccc2c1=O. The van der Waals surface area contributed by atoms with Crippen molar-refractivity contribution >= 4 is 22.6 Å². The smallest absolute Gasteiger partial charge is 0.259 e. The van der Waals surface area contributed by atoms with E-state index in [2.05, 4.69) is 5.32 Å². The minimum atomic E-state index is -0.740. The summed E-state index contributed by atoms with van der Waals surface area (Å²) >= 11 is 0. The number of primary amides is 1. The summed E-state index contributed by atoms with van der Waals surface area (Å²) in [5, 5.41) is 4.24. The number of pyridine rings is 1. The van der Waals surface area contributed by atoms with Crippen LogP contribution < -0.4 is 16.6 Å². The lowest BCUT2D eigenvalue weighted by Gasteiger charge is -2.56. The lowest BCUT2D eigenvalue weighted by atomic mass is 9.49. The van der Waals surface area contributed by atoms with Crippen molar-refractivity contribution in [2.24, 2.45) is 28.9 Å². The lowest BCUT2D eigenvalue weighted by Crippen LogP contribution is -2.51. The molecule has 3 N–H and O–H groups in total. The molecule has 6 rings (SSSR count). The van der Waals surface area contributed by atoms with Crippen LogP contribution in [0.4, 0.5) is 0 Å². The Morgan fingerprint density at radius 3 is 2.33 bits per heavy atom. The number of nitrogens with one attached hydrogen (secondary N) is 1. The second kappa shape index (κ2) is 6.96. The summed E-state index contributed by atoms with van der Waals surface area (Å²) < 4.78 is 1.32. The lowest BCUT2D eigenvalue weighted by molar-refractivity contribution is -0.120. The average Bonchev–Trinajstić information content (AvgIpc) is 2.70. The second-order valence-electron chi connectivity index (χ2n) is 9.97. The molecule has 1 atom stereocenters. The van der Waals surface area contributed by atoms with Crippen molar-refractivity contribution in [1.29, 1.82) is 0 Å². The van der Waals surface area contributed by atoms with Crippen molar-refractivity contribution < 1.29 is 9.59 Å². The van der Waals surface area contributed by atoms with Crippen LogP contribution in [0.25, 0.3) is 10.8 Å². The highest BCUT2D eigenvalue weighted by atomic mass is 16.2. The van der Waals surface area contributed by atoms with Gasteiger partial charge in [0.2, 0.25) is 5.91 Å². The van der Waals surface area contributed by atoms with Crippen molar-refractivity contribution in [3.05, 3.63) is 46.4 Å². The Balaban J connectivity index is 1.40. The van der Waals surface area contributed by atoms with E-state index in [0.29, 0.717) is 16.3 Å². The van der Waals surface area contributed by atoms with Gasteiger partial charge in [0.25, 0.3) is 11.5 Å². The number of carbonyl (C=O) groups is 2. The van der Waals surface area contributed by atoms with Gasteiger partial charge < -0.3 is 15.6 Å². The first-order chi connectivity index (χ1) is 14.3. The van der Waals surface area contributed by atoms with Crippen LogP contribution >= 0.6 is 0 Å². The van der Waals surface area contributed by atoms with Crippen LogP contribution in [0.3, 0.4) is 0 Å². The quantitative estimate of drug-likeness (QED) is 0.798. The molecule has 158 valence electrons. The Morgan fingerprint density at radius 1 is 1.10 bits per heavy atom. The van der Waals surface area contributed by atoms with Crippen LogP contribution in [0.5, 0.6) is 0 Å². The van der Waals surface area contributed by atoms with Crippen molar-refractivity contribution in [3.8, 4) is 0 Å². The molecule has 1 aromatic heterocycles. The Labute approximate surface area is 175 Å². The van der Waals surface area contributed by atoms with Crippen LogP contribution in [0, 0.1) is 23.2 Å². The molecular formula is C24H29N3O3. The van der Waals surface area contributed by atoms with E-state index in [1.165, 1.54) is 43.1 Å². The summed E-state index contributed by atoms with van der Waals surface area (Å²) in [6, 6.07) is 6.17. The van der Waals surface area contributed by atoms with Gasteiger partial charge in [-0.2, -0.15) is 0 Å². The minimum absolute atomic E-state index is 0.128.